The second-order valence-corrected chi connectivity index (χ2v) is 4.25. The number of hydrogen-bond donors (Lipinski definition) is 0. The summed E-state index contributed by atoms with van der Waals surface area (Å²) in [7, 11) is 0. The first kappa shape index (κ1) is 13.0. The third-order valence-corrected chi connectivity index (χ3v) is 3.12. The number of carbonyl (C=O) groups is 1. The molecule has 2 rings (SSSR count). The van der Waals surface area contributed by atoms with E-state index in [4.69, 9.17) is 5.26 Å². The summed E-state index contributed by atoms with van der Waals surface area (Å²) in [4.78, 5) is 16.6. The van der Waals surface area contributed by atoms with Crippen molar-refractivity contribution in [3.8, 4) is 6.07 Å². The monoisotopic (exact) mass is 253 g/mol. The second kappa shape index (κ2) is 5.96. The summed E-state index contributed by atoms with van der Waals surface area (Å²) >= 11 is 0. The molecule has 0 radical (unpaired) electrons. The lowest BCUT2D eigenvalue weighted by Crippen LogP contribution is -2.16. The Kier molecular flexibility index (Phi) is 4.09. The van der Waals surface area contributed by atoms with Gasteiger partial charge in [0, 0.05) is 13.0 Å². The number of nitriles is 1. The van der Waals surface area contributed by atoms with Crippen molar-refractivity contribution >= 4 is 5.78 Å². The Morgan fingerprint density at radius 3 is 2.79 bits per heavy atom. The summed E-state index contributed by atoms with van der Waals surface area (Å²) in [5.41, 5.74) is 1.43. The molecule has 96 valence electrons. The predicted octanol–water partition coefficient (Wildman–Crippen LogP) is 2.78. The summed E-state index contributed by atoms with van der Waals surface area (Å²) in [5.74, 6) is -0.472. The van der Waals surface area contributed by atoms with Crippen molar-refractivity contribution < 1.29 is 4.79 Å². The van der Waals surface area contributed by atoms with Crippen LogP contribution in [0.15, 0.2) is 42.9 Å². The first-order chi connectivity index (χ1) is 9.27. The van der Waals surface area contributed by atoms with E-state index in [9.17, 15) is 4.79 Å². The Morgan fingerprint density at radius 2 is 2.16 bits per heavy atom. The lowest BCUT2D eigenvalue weighted by Gasteiger charge is -2.13. The van der Waals surface area contributed by atoms with Gasteiger partial charge in [0.25, 0.3) is 0 Å². The fourth-order valence-corrected chi connectivity index (χ4v) is 2.09. The fraction of sp³-hybridized carbons (Fsp3) is 0.267. The van der Waals surface area contributed by atoms with Gasteiger partial charge in [0.2, 0.25) is 0 Å². The minimum atomic E-state index is -0.423. The molecule has 0 saturated carbocycles. The smallest absolute Gasteiger partial charge is 0.189 e. The number of nitrogens with zero attached hydrogens (tertiary/aromatic N) is 3. The van der Waals surface area contributed by atoms with Crippen LogP contribution in [0.2, 0.25) is 0 Å². The van der Waals surface area contributed by atoms with E-state index in [1.807, 2.05) is 37.3 Å². The number of ketones is 1. The van der Waals surface area contributed by atoms with Crippen LogP contribution in [0.4, 0.5) is 0 Å². The number of carbonyl (C=O) groups excluding carboxylic acids is 1. The van der Waals surface area contributed by atoms with Gasteiger partial charge in [-0.3, -0.25) is 4.79 Å². The van der Waals surface area contributed by atoms with Crippen LogP contribution >= 0.6 is 0 Å². The number of hydrogen-bond acceptors (Lipinski definition) is 3. The van der Waals surface area contributed by atoms with Crippen LogP contribution in [0.5, 0.6) is 0 Å². The van der Waals surface area contributed by atoms with Gasteiger partial charge in [-0.15, -0.1) is 0 Å². The molecule has 0 spiro atoms. The summed E-state index contributed by atoms with van der Waals surface area (Å²) in [5, 5.41) is 8.95. The summed E-state index contributed by atoms with van der Waals surface area (Å²) in [6, 6.07) is 11.5. The lowest BCUT2D eigenvalue weighted by molar-refractivity contribution is 0.0951. The maximum Gasteiger partial charge on any atom is 0.189 e. The van der Waals surface area contributed by atoms with E-state index in [0.717, 1.165) is 5.56 Å². The Balaban J connectivity index is 2.35. The second-order valence-electron chi connectivity index (χ2n) is 4.25. The molecule has 1 unspecified atom stereocenters. The Hall–Kier alpha value is -2.41. The molecule has 1 heterocycles. The molecule has 0 fully saturated rings. The predicted molar refractivity (Wildman–Crippen MR) is 71.6 cm³/mol. The number of aromatic nitrogens is 2. The van der Waals surface area contributed by atoms with Gasteiger partial charge in [0.1, 0.15) is 5.69 Å². The standard InChI is InChI=1S/C15H15N3O/c1-2-18-11-17-10-14(18)15(19)13(8-9-16)12-6-4-3-5-7-12/h3-7,10-11,13H,2,8H2,1H3. The third-order valence-electron chi connectivity index (χ3n) is 3.12. The molecule has 19 heavy (non-hydrogen) atoms. The fourth-order valence-electron chi connectivity index (χ4n) is 2.09. The summed E-state index contributed by atoms with van der Waals surface area (Å²) < 4.78 is 1.80. The van der Waals surface area contributed by atoms with E-state index in [2.05, 4.69) is 11.1 Å². The van der Waals surface area contributed by atoms with Gasteiger partial charge in [0.15, 0.2) is 5.78 Å². The zero-order valence-electron chi connectivity index (χ0n) is 10.8. The molecule has 0 saturated heterocycles. The lowest BCUT2D eigenvalue weighted by atomic mass is 9.90. The van der Waals surface area contributed by atoms with Gasteiger partial charge in [-0.25, -0.2) is 4.98 Å². The van der Waals surface area contributed by atoms with Gasteiger partial charge >= 0.3 is 0 Å². The largest absolute Gasteiger partial charge is 0.328 e. The van der Waals surface area contributed by atoms with Crippen molar-refractivity contribution in [3.63, 3.8) is 0 Å². The molecule has 4 nitrogen and oxygen atoms in total. The number of Topliss-reactive ketones (excluding diaryl/α,β-unsaturated/α-hetero) is 1. The van der Waals surface area contributed by atoms with Crippen molar-refractivity contribution in [2.24, 2.45) is 0 Å². The van der Waals surface area contributed by atoms with E-state index in [0.29, 0.717) is 12.2 Å². The molecule has 2 aromatic rings. The molecule has 0 N–H and O–H groups in total. The van der Waals surface area contributed by atoms with Crippen LogP contribution in [-0.4, -0.2) is 15.3 Å². The molecule has 0 amide bonds. The normalized spacial score (nSPS) is 11.8. The average Bonchev–Trinajstić information content (AvgIpc) is 2.93. The Bertz CT molecular complexity index is 595. The highest BCUT2D eigenvalue weighted by molar-refractivity contribution is 5.99. The molecule has 1 aromatic heterocycles. The number of benzene rings is 1. The van der Waals surface area contributed by atoms with Gasteiger partial charge in [-0.05, 0) is 12.5 Å². The minimum absolute atomic E-state index is 0.0490. The SMILES string of the molecule is CCn1cncc1C(=O)C(CC#N)c1ccccc1. The van der Waals surface area contributed by atoms with Gasteiger partial charge in [-0.1, -0.05) is 30.3 Å². The van der Waals surface area contributed by atoms with E-state index in [1.54, 1.807) is 17.1 Å². The summed E-state index contributed by atoms with van der Waals surface area (Å²) in [6.07, 6.45) is 3.39. The molecule has 1 aromatic carbocycles. The maximum atomic E-state index is 12.6. The highest BCUT2D eigenvalue weighted by Gasteiger charge is 2.24. The van der Waals surface area contributed by atoms with Gasteiger partial charge in [0.05, 0.1) is 24.5 Å². The highest BCUT2D eigenvalue weighted by atomic mass is 16.1. The Labute approximate surface area is 112 Å². The van der Waals surface area contributed by atoms with Crippen molar-refractivity contribution in [3.05, 3.63) is 54.1 Å². The molecule has 0 aliphatic carbocycles. The minimum Gasteiger partial charge on any atom is -0.328 e. The third kappa shape index (κ3) is 2.71. The van der Waals surface area contributed by atoms with Crippen molar-refractivity contribution in [1.29, 1.82) is 5.26 Å². The van der Waals surface area contributed by atoms with Crippen LogP contribution < -0.4 is 0 Å². The topological polar surface area (TPSA) is 58.7 Å². The molecular formula is C15H15N3O. The molecule has 0 aliphatic heterocycles. The summed E-state index contributed by atoms with van der Waals surface area (Å²) in [6.45, 7) is 2.65. The molecule has 0 aliphatic rings. The van der Waals surface area contributed by atoms with Crippen molar-refractivity contribution in [1.82, 2.24) is 9.55 Å². The van der Waals surface area contributed by atoms with Gasteiger partial charge < -0.3 is 4.57 Å². The van der Waals surface area contributed by atoms with Crippen LogP contribution in [0.1, 0.15) is 35.3 Å². The van der Waals surface area contributed by atoms with E-state index >= 15 is 0 Å². The van der Waals surface area contributed by atoms with Crippen LogP contribution in [0, 0.1) is 11.3 Å². The maximum absolute atomic E-state index is 12.6. The average molecular weight is 253 g/mol. The van der Waals surface area contributed by atoms with Crippen LogP contribution in [0.25, 0.3) is 0 Å². The van der Waals surface area contributed by atoms with E-state index in [1.165, 1.54) is 0 Å². The van der Waals surface area contributed by atoms with Crippen LogP contribution in [0.3, 0.4) is 0 Å². The Morgan fingerprint density at radius 1 is 1.42 bits per heavy atom. The molecule has 1 atom stereocenters. The van der Waals surface area contributed by atoms with E-state index in [-0.39, 0.29) is 12.2 Å². The zero-order valence-corrected chi connectivity index (χ0v) is 10.8. The van der Waals surface area contributed by atoms with Crippen LogP contribution in [-0.2, 0) is 6.54 Å². The first-order valence-electron chi connectivity index (χ1n) is 6.24. The number of rotatable bonds is 5. The molecule has 0 bridgehead atoms. The highest BCUT2D eigenvalue weighted by Crippen LogP contribution is 2.23. The van der Waals surface area contributed by atoms with E-state index < -0.39 is 5.92 Å². The number of imidazole rings is 1. The van der Waals surface area contributed by atoms with Crippen molar-refractivity contribution in [2.75, 3.05) is 0 Å². The first-order valence-corrected chi connectivity index (χ1v) is 6.24. The molecular weight excluding hydrogens is 238 g/mol. The quantitative estimate of drug-likeness (QED) is 0.770. The van der Waals surface area contributed by atoms with Gasteiger partial charge in [-0.2, -0.15) is 5.26 Å². The molecule has 4 heteroatoms. The van der Waals surface area contributed by atoms with Crippen molar-refractivity contribution in [2.45, 2.75) is 25.8 Å². The number of aryl methyl sites for hydroxylation is 1. The zero-order chi connectivity index (χ0) is 13.7.